The molecular formula is C15H18N4O2S. The first-order valence-corrected chi connectivity index (χ1v) is 7.82. The number of amides is 2. The predicted octanol–water partition coefficient (Wildman–Crippen LogP) is 2.37. The topological polar surface area (TPSA) is 84.0 Å². The van der Waals surface area contributed by atoms with Gasteiger partial charge in [0.1, 0.15) is 11.0 Å². The van der Waals surface area contributed by atoms with Crippen LogP contribution in [0.4, 0.5) is 5.13 Å². The zero-order valence-corrected chi connectivity index (χ0v) is 13.5. The molecule has 0 saturated heterocycles. The molecule has 1 aromatic carbocycles. The average Bonchev–Trinajstić information content (AvgIpc) is 2.95. The highest BCUT2D eigenvalue weighted by Crippen LogP contribution is 2.26. The number of carbonyl (C=O) groups excluding carboxylic acids is 2. The maximum atomic E-state index is 12.0. The monoisotopic (exact) mass is 318 g/mol. The molecule has 0 bridgehead atoms. The highest BCUT2D eigenvalue weighted by Gasteiger charge is 2.17. The number of aryl methyl sites for hydroxylation is 1. The second-order valence-electron chi connectivity index (χ2n) is 4.91. The van der Waals surface area contributed by atoms with E-state index in [0.717, 1.165) is 16.1 Å². The molecule has 0 fully saturated rings. The maximum Gasteiger partial charge on any atom is 0.248 e. The van der Waals surface area contributed by atoms with Gasteiger partial charge < -0.3 is 5.32 Å². The van der Waals surface area contributed by atoms with E-state index in [9.17, 15) is 9.59 Å². The van der Waals surface area contributed by atoms with Crippen LogP contribution in [-0.4, -0.2) is 28.1 Å². The normalized spacial score (nSPS) is 11.8. The minimum atomic E-state index is -0.612. The van der Waals surface area contributed by atoms with E-state index in [-0.39, 0.29) is 11.8 Å². The van der Waals surface area contributed by atoms with Crippen molar-refractivity contribution < 1.29 is 9.59 Å². The molecule has 1 atom stereocenters. The second kappa shape index (κ2) is 7.13. The Bertz CT molecular complexity index is 684. The minimum Gasteiger partial charge on any atom is -0.345 e. The molecule has 22 heavy (non-hydrogen) atoms. The SMILES string of the molecule is CCC(=O)NC(C)C(=O)Nc1nnc(-c2cccc(C)c2)s1. The van der Waals surface area contributed by atoms with Crippen LogP contribution in [0.15, 0.2) is 24.3 Å². The van der Waals surface area contributed by atoms with E-state index >= 15 is 0 Å². The highest BCUT2D eigenvalue weighted by atomic mass is 32.1. The summed E-state index contributed by atoms with van der Waals surface area (Å²) in [6.07, 6.45) is 0.341. The summed E-state index contributed by atoms with van der Waals surface area (Å²) >= 11 is 1.30. The molecule has 2 aromatic rings. The number of rotatable bonds is 5. The Morgan fingerprint density at radius 1 is 1.32 bits per heavy atom. The lowest BCUT2D eigenvalue weighted by Gasteiger charge is -2.11. The van der Waals surface area contributed by atoms with Gasteiger partial charge in [-0.3, -0.25) is 14.9 Å². The van der Waals surface area contributed by atoms with Gasteiger partial charge in [-0.05, 0) is 19.9 Å². The van der Waals surface area contributed by atoms with E-state index in [0.29, 0.717) is 11.6 Å². The highest BCUT2D eigenvalue weighted by molar-refractivity contribution is 7.18. The second-order valence-corrected chi connectivity index (χ2v) is 5.89. The molecule has 0 aliphatic carbocycles. The molecule has 0 aliphatic heterocycles. The fourth-order valence-electron chi connectivity index (χ4n) is 1.79. The van der Waals surface area contributed by atoms with Gasteiger partial charge in [-0.15, -0.1) is 10.2 Å². The van der Waals surface area contributed by atoms with Crippen molar-refractivity contribution in [3.05, 3.63) is 29.8 Å². The van der Waals surface area contributed by atoms with E-state index in [2.05, 4.69) is 20.8 Å². The third-order valence-electron chi connectivity index (χ3n) is 3.01. The lowest BCUT2D eigenvalue weighted by molar-refractivity contribution is -0.125. The lowest BCUT2D eigenvalue weighted by atomic mass is 10.1. The van der Waals surface area contributed by atoms with Gasteiger partial charge >= 0.3 is 0 Å². The molecule has 1 unspecified atom stereocenters. The van der Waals surface area contributed by atoms with E-state index in [1.807, 2.05) is 31.2 Å². The van der Waals surface area contributed by atoms with E-state index in [4.69, 9.17) is 0 Å². The number of aromatic nitrogens is 2. The smallest absolute Gasteiger partial charge is 0.248 e. The van der Waals surface area contributed by atoms with Crippen LogP contribution in [0.3, 0.4) is 0 Å². The summed E-state index contributed by atoms with van der Waals surface area (Å²) in [6, 6.07) is 7.30. The number of benzene rings is 1. The van der Waals surface area contributed by atoms with E-state index in [1.165, 1.54) is 11.3 Å². The van der Waals surface area contributed by atoms with Crippen molar-refractivity contribution in [1.29, 1.82) is 0 Å². The van der Waals surface area contributed by atoms with Gasteiger partial charge in [0.2, 0.25) is 16.9 Å². The molecule has 2 amide bonds. The number of nitrogens with zero attached hydrogens (tertiary/aromatic N) is 2. The lowest BCUT2D eigenvalue weighted by Crippen LogP contribution is -2.41. The van der Waals surface area contributed by atoms with Crippen molar-refractivity contribution in [3.63, 3.8) is 0 Å². The van der Waals surface area contributed by atoms with Crippen molar-refractivity contribution >= 4 is 28.3 Å². The number of nitrogens with one attached hydrogen (secondary N) is 2. The maximum absolute atomic E-state index is 12.0. The summed E-state index contributed by atoms with van der Waals surface area (Å²) in [5, 5.41) is 14.5. The summed E-state index contributed by atoms with van der Waals surface area (Å²) in [5.41, 5.74) is 2.10. The third-order valence-corrected chi connectivity index (χ3v) is 3.90. The van der Waals surface area contributed by atoms with Crippen LogP contribution in [0.5, 0.6) is 0 Å². The van der Waals surface area contributed by atoms with Crippen LogP contribution in [0.2, 0.25) is 0 Å². The summed E-state index contributed by atoms with van der Waals surface area (Å²) in [5.74, 6) is -0.478. The molecule has 1 heterocycles. The number of hydrogen-bond acceptors (Lipinski definition) is 5. The Morgan fingerprint density at radius 2 is 2.09 bits per heavy atom. The quantitative estimate of drug-likeness (QED) is 0.886. The van der Waals surface area contributed by atoms with Crippen LogP contribution in [0.25, 0.3) is 10.6 Å². The largest absolute Gasteiger partial charge is 0.345 e. The molecular weight excluding hydrogens is 300 g/mol. The molecule has 7 heteroatoms. The Morgan fingerprint density at radius 3 is 2.77 bits per heavy atom. The number of hydrogen-bond donors (Lipinski definition) is 2. The molecule has 2 rings (SSSR count). The van der Waals surface area contributed by atoms with Crippen LogP contribution in [0, 0.1) is 6.92 Å². The summed E-state index contributed by atoms with van der Waals surface area (Å²) in [6.45, 7) is 5.37. The molecule has 116 valence electrons. The van der Waals surface area contributed by atoms with Crippen molar-refractivity contribution in [2.45, 2.75) is 33.2 Å². The van der Waals surface area contributed by atoms with Gasteiger partial charge in [-0.2, -0.15) is 0 Å². The third kappa shape index (κ3) is 4.11. The Labute approximate surface area is 133 Å². The molecule has 0 aliphatic rings. The van der Waals surface area contributed by atoms with Gasteiger partial charge in [0, 0.05) is 12.0 Å². The first kappa shape index (κ1) is 16.1. The predicted molar refractivity (Wildman–Crippen MR) is 86.6 cm³/mol. The number of carbonyl (C=O) groups is 2. The van der Waals surface area contributed by atoms with Crippen LogP contribution >= 0.6 is 11.3 Å². The summed E-state index contributed by atoms with van der Waals surface area (Å²) in [7, 11) is 0. The summed E-state index contributed by atoms with van der Waals surface area (Å²) < 4.78 is 0. The Balaban J connectivity index is 2.03. The number of anilines is 1. The Kier molecular flexibility index (Phi) is 5.21. The molecule has 0 saturated carbocycles. The first-order valence-electron chi connectivity index (χ1n) is 7.00. The van der Waals surface area contributed by atoms with Crippen LogP contribution in [-0.2, 0) is 9.59 Å². The summed E-state index contributed by atoms with van der Waals surface area (Å²) in [4.78, 5) is 23.3. The first-order chi connectivity index (χ1) is 10.5. The average molecular weight is 318 g/mol. The molecule has 0 spiro atoms. The standard InChI is InChI=1S/C15H18N4O2S/c1-4-12(20)16-10(3)13(21)17-15-19-18-14(22-15)11-7-5-6-9(2)8-11/h5-8,10H,4H2,1-3H3,(H,16,20)(H,17,19,21). The zero-order chi connectivity index (χ0) is 16.1. The van der Waals surface area contributed by atoms with Gasteiger partial charge in [-0.25, -0.2) is 0 Å². The molecule has 0 radical (unpaired) electrons. The van der Waals surface area contributed by atoms with E-state index in [1.54, 1.807) is 13.8 Å². The fraction of sp³-hybridized carbons (Fsp3) is 0.333. The fourth-order valence-corrected chi connectivity index (χ4v) is 2.53. The van der Waals surface area contributed by atoms with Gasteiger partial charge in [0.15, 0.2) is 0 Å². The molecule has 2 N–H and O–H groups in total. The zero-order valence-electron chi connectivity index (χ0n) is 12.7. The minimum absolute atomic E-state index is 0.166. The van der Waals surface area contributed by atoms with Crippen molar-refractivity contribution in [1.82, 2.24) is 15.5 Å². The van der Waals surface area contributed by atoms with Crippen molar-refractivity contribution in [2.75, 3.05) is 5.32 Å². The van der Waals surface area contributed by atoms with E-state index < -0.39 is 6.04 Å². The molecule has 1 aromatic heterocycles. The van der Waals surface area contributed by atoms with Crippen LogP contribution in [0.1, 0.15) is 25.8 Å². The van der Waals surface area contributed by atoms with Gasteiger partial charge in [-0.1, -0.05) is 42.0 Å². The van der Waals surface area contributed by atoms with Crippen LogP contribution < -0.4 is 10.6 Å². The van der Waals surface area contributed by atoms with Crippen molar-refractivity contribution in [2.24, 2.45) is 0 Å². The van der Waals surface area contributed by atoms with Gasteiger partial charge in [0.05, 0.1) is 0 Å². The Hall–Kier alpha value is -2.28. The van der Waals surface area contributed by atoms with Gasteiger partial charge in [0.25, 0.3) is 0 Å². The van der Waals surface area contributed by atoms with Crippen molar-refractivity contribution in [3.8, 4) is 10.6 Å². The molecule has 6 nitrogen and oxygen atoms in total.